The van der Waals surface area contributed by atoms with Crippen molar-refractivity contribution in [1.29, 1.82) is 0 Å². The molecule has 0 radical (unpaired) electrons. The van der Waals surface area contributed by atoms with E-state index in [1.165, 1.54) is 21.3 Å². The molecule has 1 saturated heterocycles. The van der Waals surface area contributed by atoms with Gasteiger partial charge in [-0.1, -0.05) is 12.1 Å². The molecule has 1 aliphatic heterocycles. The maximum atomic E-state index is 13.2. The lowest BCUT2D eigenvalue weighted by Gasteiger charge is -2.23. The lowest BCUT2D eigenvalue weighted by atomic mass is 10.1. The highest BCUT2D eigenvalue weighted by atomic mass is 16.5. The van der Waals surface area contributed by atoms with Crippen LogP contribution in [0, 0.1) is 0 Å². The number of amides is 2. The Morgan fingerprint density at radius 3 is 2.06 bits per heavy atom. The van der Waals surface area contributed by atoms with Crippen LogP contribution in [-0.2, 0) is 27.3 Å². The van der Waals surface area contributed by atoms with E-state index in [-0.39, 0.29) is 30.9 Å². The minimum absolute atomic E-state index is 0.0146. The molecule has 0 aromatic heterocycles. The van der Waals surface area contributed by atoms with Crippen molar-refractivity contribution in [3.05, 3.63) is 47.5 Å². The van der Waals surface area contributed by atoms with Crippen LogP contribution in [0.3, 0.4) is 0 Å². The van der Waals surface area contributed by atoms with E-state index in [2.05, 4.69) is 0 Å². The van der Waals surface area contributed by atoms with E-state index in [1.54, 1.807) is 36.2 Å². The molecule has 9 nitrogen and oxygen atoms in total. The summed E-state index contributed by atoms with van der Waals surface area (Å²) in [6, 6.07) is 11.0. The van der Waals surface area contributed by atoms with Crippen LogP contribution in [0.1, 0.15) is 11.1 Å². The van der Waals surface area contributed by atoms with Crippen LogP contribution in [0.25, 0.3) is 0 Å². The van der Waals surface area contributed by atoms with Gasteiger partial charge in [0.25, 0.3) is 0 Å². The molecule has 1 unspecified atom stereocenters. The highest BCUT2D eigenvalue weighted by Gasteiger charge is 2.30. The van der Waals surface area contributed by atoms with Gasteiger partial charge in [0.1, 0.15) is 5.75 Å². The molecule has 184 valence electrons. The Bertz CT molecular complexity index is 968. The van der Waals surface area contributed by atoms with Crippen molar-refractivity contribution in [1.82, 2.24) is 9.80 Å². The van der Waals surface area contributed by atoms with Crippen LogP contribution in [0.2, 0.25) is 0 Å². The lowest BCUT2D eigenvalue weighted by molar-refractivity contribution is -0.138. The summed E-state index contributed by atoms with van der Waals surface area (Å²) in [5.41, 5.74) is 1.67. The molecule has 2 aromatic rings. The first-order valence-corrected chi connectivity index (χ1v) is 10.9. The summed E-state index contributed by atoms with van der Waals surface area (Å²) in [5.74, 6) is 1.84. The standard InChI is InChI=1S/C25H32N2O7/c1-30-19-8-6-17(7-9-19)13-26-14-20(31-2)15-27(16-24(26)29)23(28)12-18-10-21(32-3)25(34-5)22(11-18)33-4/h6-11,20H,12-16H2,1-5H3. The molecule has 1 aliphatic rings. The highest BCUT2D eigenvalue weighted by Crippen LogP contribution is 2.38. The first-order chi connectivity index (χ1) is 16.4. The van der Waals surface area contributed by atoms with E-state index in [4.69, 9.17) is 23.7 Å². The van der Waals surface area contributed by atoms with Crippen molar-refractivity contribution < 1.29 is 33.3 Å². The fraction of sp³-hybridized carbons (Fsp3) is 0.440. The monoisotopic (exact) mass is 472 g/mol. The van der Waals surface area contributed by atoms with Gasteiger partial charge in [0.05, 0.1) is 47.5 Å². The third kappa shape index (κ3) is 5.91. The van der Waals surface area contributed by atoms with E-state index in [9.17, 15) is 9.59 Å². The van der Waals surface area contributed by atoms with Crippen molar-refractivity contribution in [3.8, 4) is 23.0 Å². The zero-order chi connectivity index (χ0) is 24.7. The predicted octanol–water partition coefficient (Wildman–Crippen LogP) is 2.15. The quantitative estimate of drug-likeness (QED) is 0.553. The number of benzene rings is 2. The second kappa shape index (κ2) is 11.6. The average molecular weight is 473 g/mol. The highest BCUT2D eigenvalue weighted by molar-refractivity contribution is 5.86. The van der Waals surface area contributed by atoms with Gasteiger partial charge in [-0.25, -0.2) is 0 Å². The number of ether oxygens (including phenoxy) is 5. The van der Waals surface area contributed by atoms with Crippen LogP contribution < -0.4 is 18.9 Å². The molecule has 0 bridgehead atoms. The fourth-order valence-corrected chi connectivity index (χ4v) is 3.95. The molecule has 34 heavy (non-hydrogen) atoms. The second-order valence-electron chi connectivity index (χ2n) is 7.96. The zero-order valence-electron chi connectivity index (χ0n) is 20.3. The SMILES string of the molecule is COc1ccc(CN2CC(OC)CN(C(=O)Cc3cc(OC)c(OC)c(OC)c3)CC2=O)cc1. The van der Waals surface area contributed by atoms with Crippen molar-refractivity contribution in [3.63, 3.8) is 0 Å². The molecule has 1 atom stereocenters. The first kappa shape index (κ1) is 25.2. The lowest BCUT2D eigenvalue weighted by Crippen LogP contribution is -2.40. The third-order valence-electron chi connectivity index (χ3n) is 5.83. The maximum Gasteiger partial charge on any atom is 0.242 e. The largest absolute Gasteiger partial charge is 0.497 e. The van der Waals surface area contributed by atoms with E-state index in [0.29, 0.717) is 42.4 Å². The van der Waals surface area contributed by atoms with Crippen LogP contribution in [-0.4, -0.2) is 82.9 Å². The van der Waals surface area contributed by atoms with Crippen LogP contribution in [0.5, 0.6) is 23.0 Å². The van der Waals surface area contributed by atoms with Gasteiger partial charge >= 0.3 is 0 Å². The summed E-state index contributed by atoms with van der Waals surface area (Å²) in [6.45, 7) is 1.14. The van der Waals surface area contributed by atoms with Crippen LogP contribution in [0.4, 0.5) is 0 Å². The van der Waals surface area contributed by atoms with Gasteiger partial charge in [-0.15, -0.1) is 0 Å². The number of carbonyl (C=O) groups excluding carboxylic acids is 2. The number of hydrogen-bond donors (Lipinski definition) is 0. The average Bonchev–Trinajstić information content (AvgIpc) is 3.02. The van der Waals surface area contributed by atoms with Gasteiger partial charge < -0.3 is 33.5 Å². The van der Waals surface area contributed by atoms with Crippen molar-refractivity contribution in [2.24, 2.45) is 0 Å². The second-order valence-corrected chi connectivity index (χ2v) is 7.96. The number of methoxy groups -OCH3 is 5. The Morgan fingerprint density at radius 1 is 0.882 bits per heavy atom. The summed E-state index contributed by atoms with van der Waals surface area (Å²) < 4.78 is 26.9. The van der Waals surface area contributed by atoms with E-state index < -0.39 is 0 Å². The zero-order valence-corrected chi connectivity index (χ0v) is 20.3. The summed E-state index contributed by atoms with van der Waals surface area (Å²) in [6.07, 6.45) is -0.215. The Morgan fingerprint density at radius 2 is 1.53 bits per heavy atom. The molecule has 1 fully saturated rings. The van der Waals surface area contributed by atoms with Crippen LogP contribution >= 0.6 is 0 Å². The Balaban J connectivity index is 1.74. The van der Waals surface area contributed by atoms with E-state index in [0.717, 1.165) is 11.3 Å². The van der Waals surface area contributed by atoms with Gasteiger partial charge in [0.2, 0.25) is 17.6 Å². The smallest absolute Gasteiger partial charge is 0.242 e. The van der Waals surface area contributed by atoms with Crippen molar-refractivity contribution in [2.45, 2.75) is 19.1 Å². The summed E-state index contributed by atoms with van der Waals surface area (Å²) >= 11 is 0. The molecule has 0 spiro atoms. The minimum atomic E-state index is -0.298. The molecule has 2 amide bonds. The fourth-order valence-electron chi connectivity index (χ4n) is 3.95. The van der Waals surface area contributed by atoms with Gasteiger partial charge in [0.15, 0.2) is 11.5 Å². The summed E-state index contributed by atoms with van der Waals surface area (Å²) in [4.78, 5) is 29.5. The summed E-state index contributed by atoms with van der Waals surface area (Å²) in [5, 5.41) is 0. The normalized spacial score (nSPS) is 16.1. The maximum absolute atomic E-state index is 13.2. The Kier molecular flexibility index (Phi) is 8.59. The molecular weight excluding hydrogens is 440 g/mol. The van der Waals surface area contributed by atoms with Crippen molar-refractivity contribution in [2.75, 3.05) is 55.2 Å². The number of nitrogens with zero attached hydrogens (tertiary/aromatic N) is 2. The Labute approximate surface area is 200 Å². The van der Waals surface area contributed by atoms with E-state index >= 15 is 0 Å². The molecule has 3 rings (SSSR count). The third-order valence-corrected chi connectivity index (χ3v) is 5.83. The molecule has 0 saturated carbocycles. The van der Waals surface area contributed by atoms with Crippen molar-refractivity contribution >= 4 is 11.8 Å². The number of carbonyl (C=O) groups is 2. The molecule has 0 N–H and O–H groups in total. The number of hydrogen-bond acceptors (Lipinski definition) is 7. The summed E-state index contributed by atoms with van der Waals surface area (Å²) in [7, 11) is 7.78. The molecule has 1 heterocycles. The first-order valence-electron chi connectivity index (χ1n) is 10.9. The topological polar surface area (TPSA) is 86.8 Å². The van der Waals surface area contributed by atoms with Gasteiger partial charge in [-0.2, -0.15) is 0 Å². The molecule has 0 aliphatic carbocycles. The Hall–Kier alpha value is -3.46. The molecule has 2 aromatic carbocycles. The van der Waals surface area contributed by atoms with Crippen LogP contribution in [0.15, 0.2) is 36.4 Å². The minimum Gasteiger partial charge on any atom is -0.497 e. The van der Waals surface area contributed by atoms with E-state index in [1.807, 2.05) is 24.3 Å². The van der Waals surface area contributed by atoms with Gasteiger partial charge in [-0.05, 0) is 35.4 Å². The van der Waals surface area contributed by atoms with Gasteiger partial charge in [-0.3, -0.25) is 9.59 Å². The molecular formula is C25H32N2O7. The predicted molar refractivity (Wildman–Crippen MR) is 126 cm³/mol. The van der Waals surface area contributed by atoms with Gasteiger partial charge in [0, 0.05) is 26.7 Å². The number of rotatable bonds is 9. The molecule has 9 heteroatoms.